The maximum atomic E-state index is 13.2. The topological polar surface area (TPSA) is 248 Å². The maximum absolute atomic E-state index is 13.2. The number of nitrogens with one attached hydrogen (secondary N) is 2. The van der Waals surface area contributed by atoms with Gasteiger partial charge in [-0.3, -0.25) is 14.4 Å². The Labute approximate surface area is 337 Å². The molecule has 324 valence electrons. The number of thioether (sulfide) groups is 1. The zero-order valence-electron chi connectivity index (χ0n) is 32.7. The van der Waals surface area contributed by atoms with Crippen LogP contribution in [-0.4, -0.2) is 188 Å². The van der Waals surface area contributed by atoms with E-state index in [2.05, 4.69) is 20.7 Å². The molecule has 3 atom stereocenters. The van der Waals surface area contributed by atoms with Gasteiger partial charge >= 0.3 is 12.0 Å². The van der Waals surface area contributed by atoms with Gasteiger partial charge in [0.25, 0.3) is 11.8 Å². The van der Waals surface area contributed by atoms with Crippen molar-refractivity contribution in [1.82, 2.24) is 20.6 Å². The molecule has 0 aromatic rings. The van der Waals surface area contributed by atoms with E-state index in [0.717, 1.165) is 25.0 Å². The molecule has 0 radical (unpaired) electrons. The molecular formula is C35H59N7O14S. The van der Waals surface area contributed by atoms with E-state index < -0.39 is 17.8 Å². The number of hydroxylamine groups is 2. The minimum Gasteiger partial charge on any atom is -0.379 e. The molecule has 0 unspecified atom stereocenters. The Morgan fingerprint density at radius 2 is 1.21 bits per heavy atom. The lowest BCUT2D eigenvalue weighted by atomic mass is 10.0. The molecule has 3 rings (SSSR count). The minimum atomic E-state index is -0.719. The standard InChI is InChI=1S/C35H59N7O14S/c36-40-37-8-12-49-16-20-53-24-26-55-22-18-51-14-10-41(30(43)4-2-1-3-29-34-28(27-57-29)38-35(47)39-34)9-13-50-17-21-54-25-23-52-19-15-48-11-7-33(46)56-42-31(44)5-6-32(42)45/h28-29,34H,1-27H2,(H2,38,39,47)/t28-,29-,34-/m1/s1. The first-order valence-corrected chi connectivity index (χ1v) is 20.6. The molecule has 0 aromatic heterocycles. The number of hydrogen-bond acceptors (Lipinski definition) is 16. The number of hydrogen-bond donors (Lipinski definition) is 2. The highest BCUT2D eigenvalue weighted by Gasteiger charge is 2.42. The van der Waals surface area contributed by atoms with E-state index in [-0.39, 0.29) is 56.5 Å². The molecular weight excluding hydrogens is 774 g/mol. The number of unbranched alkanes of at least 4 members (excludes halogenated alkanes) is 1. The van der Waals surface area contributed by atoms with Gasteiger partial charge in [0.05, 0.1) is 124 Å². The van der Waals surface area contributed by atoms with Gasteiger partial charge in [0, 0.05) is 54.8 Å². The first-order chi connectivity index (χ1) is 27.9. The van der Waals surface area contributed by atoms with Crippen molar-refractivity contribution in [3.05, 3.63) is 10.4 Å². The lowest BCUT2D eigenvalue weighted by Crippen LogP contribution is -2.37. The summed E-state index contributed by atoms with van der Waals surface area (Å²) in [6.45, 7) is 6.64. The van der Waals surface area contributed by atoms with E-state index >= 15 is 0 Å². The summed E-state index contributed by atoms with van der Waals surface area (Å²) in [5.41, 5.74) is 8.22. The Hall–Kier alpha value is -3.31. The second kappa shape index (κ2) is 30.7. The van der Waals surface area contributed by atoms with Crippen LogP contribution in [-0.2, 0) is 61.9 Å². The first-order valence-electron chi connectivity index (χ1n) is 19.5. The summed E-state index contributed by atoms with van der Waals surface area (Å²) in [4.78, 5) is 68.8. The molecule has 0 bridgehead atoms. The average molecular weight is 834 g/mol. The number of carbonyl (C=O) groups is 5. The van der Waals surface area contributed by atoms with Crippen molar-refractivity contribution in [3.8, 4) is 0 Å². The molecule has 0 aromatic carbocycles. The molecule has 21 nitrogen and oxygen atoms in total. The fourth-order valence-corrected chi connectivity index (χ4v) is 7.31. The summed E-state index contributed by atoms with van der Waals surface area (Å²) in [7, 11) is 0. The second-order valence-corrected chi connectivity index (χ2v) is 14.2. The minimum absolute atomic E-state index is 0.0394. The van der Waals surface area contributed by atoms with Crippen molar-refractivity contribution >= 4 is 41.5 Å². The Kier molecular flexibility index (Phi) is 25.9. The summed E-state index contributed by atoms with van der Waals surface area (Å²) in [5, 5.41) is 10.2. The van der Waals surface area contributed by atoms with Crippen LogP contribution in [0, 0.1) is 0 Å². The fourth-order valence-electron chi connectivity index (χ4n) is 5.77. The Morgan fingerprint density at radius 1 is 0.702 bits per heavy atom. The lowest BCUT2D eigenvalue weighted by molar-refractivity contribution is -0.198. The molecule has 3 fully saturated rings. The number of rotatable bonds is 36. The van der Waals surface area contributed by atoms with Crippen molar-refractivity contribution in [2.45, 2.75) is 62.3 Å². The van der Waals surface area contributed by atoms with E-state index in [1.165, 1.54) is 0 Å². The molecule has 3 saturated heterocycles. The smallest absolute Gasteiger partial charge is 0.335 e. The number of amides is 5. The van der Waals surface area contributed by atoms with Crippen LogP contribution in [0.1, 0.15) is 44.9 Å². The number of ether oxygens (including phenoxy) is 8. The van der Waals surface area contributed by atoms with E-state index in [9.17, 15) is 24.0 Å². The predicted molar refractivity (Wildman–Crippen MR) is 203 cm³/mol. The van der Waals surface area contributed by atoms with E-state index in [1.54, 1.807) is 4.90 Å². The second-order valence-electron chi connectivity index (χ2n) is 12.9. The highest BCUT2D eigenvalue weighted by Crippen LogP contribution is 2.33. The monoisotopic (exact) mass is 833 g/mol. The van der Waals surface area contributed by atoms with E-state index in [0.29, 0.717) is 129 Å². The van der Waals surface area contributed by atoms with E-state index in [4.69, 9.17) is 48.3 Å². The highest BCUT2D eigenvalue weighted by molar-refractivity contribution is 8.00. The summed E-state index contributed by atoms with van der Waals surface area (Å²) >= 11 is 1.87. The van der Waals surface area contributed by atoms with Crippen molar-refractivity contribution < 1.29 is 66.7 Å². The average Bonchev–Trinajstić information content (AvgIpc) is 3.86. The van der Waals surface area contributed by atoms with Gasteiger partial charge in [-0.15, -0.1) is 5.06 Å². The molecule has 5 amide bonds. The molecule has 3 aliphatic heterocycles. The van der Waals surface area contributed by atoms with Crippen LogP contribution in [0.15, 0.2) is 5.11 Å². The van der Waals surface area contributed by atoms with Crippen LogP contribution >= 0.6 is 11.8 Å². The van der Waals surface area contributed by atoms with Gasteiger partial charge in [-0.25, -0.2) is 9.59 Å². The molecule has 22 heteroatoms. The first kappa shape index (κ1) is 48.1. The van der Waals surface area contributed by atoms with Crippen LogP contribution in [0.2, 0.25) is 0 Å². The number of nitrogens with zero attached hydrogens (tertiary/aromatic N) is 5. The van der Waals surface area contributed by atoms with Crippen molar-refractivity contribution in [1.29, 1.82) is 0 Å². The van der Waals surface area contributed by atoms with Crippen LogP contribution in [0.5, 0.6) is 0 Å². The number of urea groups is 1. The Morgan fingerprint density at radius 3 is 1.75 bits per heavy atom. The van der Waals surface area contributed by atoms with Gasteiger partial charge in [-0.05, 0) is 18.4 Å². The van der Waals surface area contributed by atoms with Gasteiger partial charge in [-0.1, -0.05) is 11.5 Å². The summed E-state index contributed by atoms with van der Waals surface area (Å²) < 4.78 is 44.0. The molecule has 0 saturated carbocycles. The van der Waals surface area contributed by atoms with Crippen molar-refractivity contribution in [2.75, 3.05) is 131 Å². The number of imide groups is 1. The number of azide groups is 1. The zero-order chi connectivity index (χ0) is 40.8. The van der Waals surface area contributed by atoms with Crippen molar-refractivity contribution in [3.63, 3.8) is 0 Å². The van der Waals surface area contributed by atoms with Gasteiger partial charge in [0.15, 0.2) is 0 Å². The molecule has 0 aliphatic carbocycles. The van der Waals surface area contributed by atoms with Gasteiger partial charge in [0.1, 0.15) is 0 Å². The third kappa shape index (κ3) is 21.3. The molecule has 0 spiro atoms. The zero-order valence-corrected chi connectivity index (χ0v) is 33.5. The lowest BCUT2D eigenvalue weighted by Gasteiger charge is -2.23. The Balaban J connectivity index is 1.18. The SMILES string of the molecule is [N-]=[N+]=NCCOCCOCCOCCOCCN(CCOCCOCCOCCOCCC(=O)ON1C(=O)CCC1=O)C(=O)CCCC[C@H]1SC[C@H]2NC(=O)N[C@H]21. The number of fused-ring (bicyclic) bond motifs is 1. The quantitative estimate of drug-likeness (QED) is 0.0223. The van der Waals surface area contributed by atoms with Crippen LogP contribution in [0.3, 0.4) is 0 Å². The molecule has 2 N–H and O–H groups in total. The van der Waals surface area contributed by atoms with Gasteiger partial charge < -0.3 is 58.3 Å². The van der Waals surface area contributed by atoms with Crippen LogP contribution in [0.25, 0.3) is 10.4 Å². The summed E-state index contributed by atoms with van der Waals surface area (Å²) in [6, 6.07) is 0.240. The summed E-state index contributed by atoms with van der Waals surface area (Å²) in [5.74, 6) is -0.822. The third-order valence-electron chi connectivity index (χ3n) is 8.71. The van der Waals surface area contributed by atoms with E-state index in [1.807, 2.05) is 11.8 Å². The molecule has 57 heavy (non-hydrogen) atoms. The van der Waals surface area contributed by atoms with Gasteiger partial charge in [-0.2, -0.15) is 11.8 Å². The van der Waals surface area contributed by atoms with Crippen molar-refractivity contribution in [2.24, 2.45) is 5.11 Å². The fraction of sp³-hybridized carbons (Fsp3) is 0.857. The van der Waals surface area contributed by atoms with Crippen LogP contribution < -0.4 is 10.6 Å². The predicted octanol–water partition coefficient (Wildman–Crippen LogP) is 0.981. The number of carbonyl (C=O) groups excluding carboxylic acids is 5. The Bertz CT molecular complexity index is 1230. The van der Waals surface area contributed by atoms with Gasteiger partial charge in [0.2, 0.25) is 5.91 Å². The third-order valence-corrected chi connectivity index (χ3v) is 10.2. The maximum Gasteiger partial charge on any atom is 0.335 e. The highest BCUT2D eigenvalue weighted by atomic mass is 32.2. The molecule has 3 aliphatic rings. The normalized spacial score (nSPS) is 18.7. The molecule has 3 heterocycles. The van der Waals surface area contributed by atoms with Crippen LogP contribution in [0.4, 0.5) is 4.79 Å². The summed E-state index contributed by atoms with van der Waals surface area (Å²) in [6.07, 6.45) is 2.99. The largest absolute Gasteiger partial charge is 0.379 e.